The van der Waals surface area contributed by atoms with E-state index in [2.05, 4.69) is 17.2 Å². The lowest BCUT2D eigenvalue weighted by Crippen LogP contribution is -2.15. The highest BCUT2D eigenvalue weighted by molar-refractivity contribution is 6.35. The third-order valence-corrected chi connectivity index (χ3v) is 4.71. The van der Waals surface area contributed by atoms with Gasteiger partial charge in [0.05, 0.1) is 32.2 Å². The Morgan fingerprint density at radius 2 is 1.90 bits per heavy atom. The van der Waals surface area contributed by atoms with E-state index < -0.39 is 0 Å². The first-order chi connectivity index (χ1) is 13.9. The molecule has 7 heteroatoms. The van der Waals surface area contributed by atoms with Crippen molar-refractivity contribution in [1.82, 2.24) is 0 Å². The molecule has 2 aromatic carbocycles. The SMILES string of the molecule is C=CCNc1ccccc1C(=N)/C=C(\N)CNc1c(C)c(OC)cc(OC)c1Cl. The molecule has 0 amide bonds. The number of anilines is 2. The molecule has 0 atom stereocenters. The number of hydrogen-bond donors (Lipinski definition) is 4. The first kappa shape index (κ1) is 22.2. The number of methoxy groups -OCH3 is 2. The molecule has 5 N–H and O–H groups in total. The molecule has 0 radical (unpaired) electrons. The van der Waals surface area contributed by atoms with Crippen LogP contribution < -0.4 is 25.8 Å². The molecule has 29 heavy (non-hydrogen) atoms. The second kappa shape index (κ2) is 10.4. The Morgan fingerprint density at radius 1 is 1.21 bits per heavy atom. The maximum absolute atomic E-state index is 8.42. The van der Waals surface area contributed by atoms with E-state index in [1.54, 1.807) is 32.4 Å². The van der Waals surface area contributed by atoms with Gasteiger partial charge in [-0.2, -0.15) is 0 Å². The van der Waals surface area contributed by atoms with E-state index in [0.29, 0.717) is 46.7 Å². The van der Waals surface area contributed by atoms with E-state index in [1.807, 2.05) is 31.2 Å². The summed E-state index contributed by atoms with van der Waals surface area (Å²) in [5.41, 5.74) is 10.1. The van der Waals surface area contributed by atoms with Crippen molar-refractivity contribution in [1.29, 1.82) is 5.41 Å². The van der Waals surface area contributed by atoms with Crippen LogP contribution in [0, 0.1) is 12.3 Å². The second-order valence-corrected chi connectivity index (χ2v) is 6.67. The molecule has 0 fully saturated rings. The average molecular weight is 415 g/mol. The molecular formula is C22H27ClN4O2. The highest BCUT2D eigenvalue weighted by Crippen LogP contribution is 2.40. The smallest absolute Gasteiger partial charge is 0.143 e. The number of halogens is 1. The molecule has 0 saturated heterocycles. The normalized spacial score (nSPS) is 11.0. The predicted octanol–water partition coefficient (Wildman–Crippen LogP) is 4.59. The molecule has 0 saturated carbocycles. The summed E-state index contributed by atoms with van der Waals surface area (Å²) in [6, 6.07) is 9.33. The fourth-order valence-corrected chi connectivity index (χ4v) is 3.17. The van der Waals surface area contributed by atoms with Crippen LogP contribution in [0.25, 0.3) is 0 Å². The van der Waals surface area contributed by atoms with Gasteiger partial charge in [-0.25, -0.2) is 0 Å². The number of rotatable bonds is 10. The molecule has 0 heterocycles. The molecule has 0 bridgehead atoms. The first-order valence-corrected chi connectivity index (χ1v) is 9.44. The molecule has 0 aliphatic carbocycles. The largest absolute Gasteiger partial charge is 0.496 e. The zero-order valence-electron chi connectivity index (χ0n) is 16.9. The van der Waals surface area contributed by atoms with Crippen molar-refractivity contribution in [3.63, 3.8) is 0 Å². The number of ether oxygens (including phenoxy) is 2. The summed E-state index contributed by atoms with van der Waals surface area (Å²) in [6.07, 6.45) is 3.39. The van der Waals surface area contributed by atoms with Crippen LogP contribution in [0.1, 0.15) is 11.1 Å². The molecule has 0 unspecified atom stereocenters. The minimum atomic E-state index is 0.307. The van der Waals surface area contributed by atoms with Gasteiger partial charge < -0.3 is 31.3 Å². The van der Waals surface area contributed by atoms with Crippen LogP contribution >= 0.6 is 11.6 Å². The van der Waals surface area contributed by atoms with Gasteiger partial charge in [-0.15, -0.1) is 6.58 Å². The van der Waals surface area contributed by atoms with Gasteiger partial charge in [0.2, 0.25) is 0 Å². The Kier molecular flexibility index (Phi) is 7.98. The fourth-order valence-electron chi connectivity index (χ4n) is 2.83. The van der Waals surface area contributed by atoms with Gasteiger partial charge in [0.25, 0.3) is 0 Å². The van der Waals surface area contributed by atoms with Crippen LogP contribution in [-0.2, 0) is 0 Å². The molecule has 0 aromatic heterocycles. The summed E-state index contributed by atoms with van der Waals surface area (Å²) >= 11 is 6.44. The lowest BCUT2D eigenvalue weighted by molar-refractivity contribution is 0.393. The highest BCUT2D eigenvalue weighted by Gasteiger charge is 2.15. The lowest BCUT2D eigenvalue weighted by atomic mass is 10.1. The van der Waals surface area contributed by atoms with Crippen molar-refractivity contribution in [3.8, 4) is 11.5 Å². The quantitative estimate of drug-likeness (QED) is 0.337. The Balaban J connectivity index is 2.19. The van der Waals surface area contributed by atoms with Crippen molar-refractivity contribution in [3.05, 3.63) is 70.9 Å². The maximum Gasteiger partial charge on any atom is 0.143 e. The van der Waals surface area contributed by atoms with Crippen LogP contribution in [0.4, 0.5) is 11.4 Å². The first-order valence-electron chi connectivity index (χ1n) is 9.06. The molecule has 6 nitrogen and oxygen atoms in total. The van der Waals surface area contributed by atoms with E-state index in [0.717, 1.165) is 16.8 Å². The third kappa shape index (κ3) is 5.45. The van der Waals surface area contributed by atoms with Gasteiger partial charge in [0.15, 0.2) is 0 Å². The van der Waals surface area contributed by atoms with Crippen LogP contribution in [0.15, 0.2) is 54.8 Å². The van der Waals surface area contributed by atoms with E-state index in [4.69, 9.17) is 32.2 Å². The Hall–Kier alpha value is -3.12. The number of para-hydroxylation sites is 1. The summed E-state index contributed by atoms with van der Waals surface area (Å²) in [5, 5.41) is 15.3. The summed E-state index contributed by atoms with van der Waals surface area (Å²) in [4.78, 5) is 0. The average Bonchev–Trinajstić information content (AvgIpc) is 2.72. The van der Waals surface area contributed by atoms with Crippen LogP contribution in [0.2, 0.25) is 5.02 Å². The van der Waals surface area contributed by atoms with Crippen LogP contribution in [-0.4, -0.2) is 33.0 Å². The van der Waals surface area contributed by atoms with Gasteiger partial charge in [-0.1, -0.05) is 35.9 Å². The minimum Gasteiger partial charge on any atom is -0.496 e. The number of allylic oxidation sites excluding steroid dienone is 1. The van der Waals surface area contributed by atoms with Crippen molar-refractivity contribution >= 4 is 28.7 Å². The van der Waals surface area contributed by atoms with E-state index in [9.17, 15) is 0 Å². The lowest BCUT2D eigenvalue weighted by Gasteiger charge is -2.17. The minimum absolute atomic E-state index is 0.307. The van der Waals surface area contributed by atoms with Crippen molar-refractivity contribution < 1.29 is 9.47 Å². The fraction of sp³-hybridized carbons (Fsp3) is 0.227. The maximum atomic E-state index is 8.42. The summed E-state index contributed by atoms with van der Waals surface area (Å²) in [5.74, 6) is 1.17. The molecule has 2 rings (SSSR count). The van der Waals surface area contributed by atoms with Gasteiger partial charge >= 0.3 is 0 Å². The van der Waals surface area contributed by atoms with E-state index in [-0.39, 0.29) is 0 Å². The van der Waals surface area contributed by atoms with E-state index >= 15 is 0 Å². The van der Waals surface area contributed by atoms with Crippen molar-refractivity contribution in [2.24, 2.45) is 5.73 Å². The molecule has 0 aliphatic rings. The summed E-state index contributed by atoms with van der Waals surface area (Å²) in [6.45, 7) is 6.52. The monoisotopic (exact) mass is 414 g/mol. The van der Waals surface area contributed by atoms with E-state index in [1.165, 1.54) is 0 Å². The van der Waals surface area contributed by atoms with Crippen molar-refractivity contribution in [2.75, 3.05) is 37.9 Å². The highest BCUT2D eigenvalue weighted by atomic mass is 35.5. The number of nitrogens with one attached hydrogen (secondary N) is 3. The molecule has 154 valence electrons. The standard InChI is InChI=1S/C22H27ClN4O2/c1-5-10-26-18-9-7-6-8-16(18)17(25)11-15(24)13-27-22-14(2)19(28-3)12-20(29-4)21(22)23/h5-9,11-12,25-27H,1,10,13,24H2,2-4H3/b15-11-,25-17?. The third-order valence-electron chi connectivity index (χ3n) is 4.34. The second-order valence-electron chi connectivity index (χ2n) is 6.30. The van der Waals surface area contributed by atoms with Gasteiger partial charge in [0, 0.05) is 35.1 Å². The Bertz CT molecular complexity index is 897. The van der Waals surface area contributed by atoms with Gasteiger partial charge in [-0.05, 0) is 19.1 Å². The number of benzene rings is 2. The van der Waals surface area contributed by atoms with Gasteiger partial charge in [-0.3, -0.25) is 0 Å². The molecule has 2 aromatic rings. The summed E-state index contributed by atoms with van der Waals surface area (Å²) < 4.78 is 10.7. The Labute approximate surface area is 176 Å². The summed E-state index contributed by atoms with van der Waals surface area (Å²) in [7, 11) is 3.14. The number of nitrogens with two attached hydrogens (primary N) is 1. The zero-order chi connectivity index (χ0) is 21.4. The molecular weight excluding hydrogens is 388 g/mol. The molecule has 0 spiro atoms. The van der Waals surface area contributed by atoms with Crippen LogP contribution in [0.3, 0.4) is 0 Å². The van der Waals surface area contributed by atoms with Gasteiger partial charge in [0.1, 0.15) is 16.5 Å². The number of hydrogen-bond acceptors (Lipinski definition) is 6. The Morgan fingerprint density at radius 3 is 2.55 bits per heavy atom. The zero-order valence-corrected chi connectivity index (χ0v) is 17.7. The molecule has 0 aliphatic heterocycles. The topological polar surface area (TPSA) is 92.4 Å². The van der Waals surface area contributed by atoms with Crippen LogP contribution in [0.5, 0.6) is 11.5 Å². The van der Waals surface area contributed by atoms with Crippen molar-refractivity contribution in [2.45, 2.75) is 6.92 Å². The predicted molar refractivity (Wildman–Crippen MR) is 122 cm³/mol.